The van der Waals surface area contributed by atoms with E-state index < -0.39 is 11.5 Å². The van der Waals surface area contributed by atoms with Crippen molar-refractivity contribution in [1.29, 1.82) is 0 Å². The molecule has 2 atom stereocenters. The zero-order valence-corrected chi connectivity index (χ0v) is 9.51. The molecule has 82 valence electrons. The summed E-state index contributed by atoms with van der Waals surface area (Å²) in [5.74, 6) is 0. The molecule has 2 aromatic carbocycles. The number of aliphatic hydroxyl groups excluding tert-OH is 1. The molecule has 16 heavy (non-hydrogen) atoms. The van der Waals surface area contributed by atoms with Gasteiger partial charge in [-0.15, -0.1) is 11.6 Å². The Morgan fingerprint density at radius 3 is 1.69 bits per heavy atom. The number of hydrogen-bond acceptors (Lipinski definition) is 1. The molecule has 1 nitrogen and oxygen atoms in total. The molecule has 0 spiro atoms. The molecule has 1 N–H and O–H groups in total. The Morgan fingerprint density at radius 1 is 0.750 bits per heavy atom. The lowest BCUT2D eigenvalue weighted by Crippen LogP contribution is -2.05. The first-order chi connectivity index (χ1) is 7.79. The maximum atomic E-state index is 10.1. The molecule has 0 radical (unpaired) electrons. The van der Waals surface area contributed by atoms with Crippen molar-refractivity contribution in [3.05, 3.63) is 71.8 Å². The zero-order chi connectivity index (χ0) is 11.4. The first-order valence-corrected chi connectivity index (χ1v) is 5.64. The minimum absolute atomic E-state index is 0.413. The molecule has 0 amide bonds. The molecule has 0 saturated heterocycles. The predicted octanol–water partition coefficient (Wildman–Crippen LogP) is 3.70. The van der Waals surface area contributed by atoms with E-state index in [4.69, 9.17) is 11.6 Å². The van der Waals surface area contributed by atoms with Crippen LogP contribution in [0.4, 0.5) is 0 Å². The van der Waals surface area contributed by atoms with Crippen molar-refractivity contribution in [3.8, 4) is 0 Å². The summed E-state index contributed by atoms with van der Waals surface area (Å²) in [4.78, 5) is 0. The Labute approximate surface area is 100 Å². The highest BCUT2D eigenvalue weighted by Gasteiger charge is 2.19. The molecule has 0 fully saturated rings. The summed E-state index contributed by atoms with van der Waals surface area (Å²) >= 11 is 6.24. The van der Waals surface area contributed by atoms with Gasteiger partial charge in [-0.2, -0.15) is 0 Å². The van der Waals surface area contributed by atoms with Crippen molar-refractivity contribution in [2.24, 2.45) is 0 Å². The number of benzene rings is 2. The smallest absolute Gasteiger partial charge is 0.0994 e. The van der Waals surface area contributed by atoms with Gasteiger partial charge >= 0.3 is 0 Å². The van der Waals surface area contributed by atoms with Gasteiger partial charge in [0, 0.05) is 0 Å². The first-order valence-electron chi connectivity index (χ1n) is 5.21. The van der Waals surface area contributed by atoms with Gasteiger partial charge in [-0.05, 0) is 11.1 Å². The van der Waals surface area contributed by atoms with Crippen LogP contribution < -0.4 is 0 Å². The van der Waals surface area contributed by atoms with Crippen LogP contribution in [0.25, 0.3) is 0 Å². The third kappa shape index (κ3) is 2.43. The number of hydrogen-bond donors (Lipinski definition) is 1. The summed E-state index contributed by atoms with van der Waals surface area (Å²) in [5.41, 5.74) is 1.77. The number of rotatable bonds is 3. The second-order valence-corrected chi connectivity index (χ2v) is 4.14. The molecular weight excluding hydrogens is 220 g/mol. The standard InChI is InChI=1S/C14H13ClO/c15-13(11-7-3-1-4-8-11)14(16)12-9-5-2-6-10-12/h1-10,13-14,16H/t13-,14-/m1/s1. The quantitative estimate of drug-likeness (QED) is 0.800. The predicted molar refractivity (Wildman–Crippen MR) is 66.4 cm³/mol. The molecule has 2 aromatic rings. The van der Waals surface area contributed by atoms with Gasteiger partial charge in [-0.25, -0.2) is 0 Å². The van der Waals surface area contributed by atoms with Crippen molar-refractivity contribution in [2.45, 2.75) is 11.5 Å². The van der Waals surface area contributed by atoms with E-state index in [1.807, 2.05) is 60.7 Å². The topological polar surface area (TPSA) is 20.2 Å². The fourth-order valence-corrected chi connectivity index (χ4v) is 1.93. The van der Waals surface area contributed by atoms with Gasteiger partial charge in [0.1, 0.15) is 0 Å². The zero-order valence-electron chi connectivity index (χ0n) is 8.75. The maximum absolute atomic E-state index is 10.1. The molecule has 0 aromatic heterocycles. The average molecular weight is 233 g/mol. The summed E-state index contributed by atoms with van der Waals surface area (Å²) in [6, 6.07) is 19.1. The van der Waals surface area contributed by atoms with Crippen LogP contribution in [-0.4, -0.2) is 5.11 Å². The monoisotopic (exact) mass is 232 g/mol. The lowest BCUT2D eigenvalue weighted by atomic mass is 10.0. The van der Waals surface area contributed by atoms with Crippen LogP contribution >= 0.6 is 11.6 Å². The van der Waals surface area contributed by atoms with E-state index in [-0.39, 0.29) is 0 Å². The molecule has 0 aliphatic rings. The highest BCUT2D eigenvalue weighted by atomic mass is 35.5. The van der Waals surface area contributed by atoms with Crippen LogP contribution in [0.15, 0.2) is 60.7 Å². The van der Waals surface area contributed by atoms with Crippen molar-refractivity contribution in [1.82, 2.24) is 0 Å². The van der Waals surface area contributed by atoms with Crippen LogP contribution in [0.3, 0.4) is 0 Å². The third-order valence-corrected chi connectivity index (χ3v) is 3.03. The normalized spacial score (nSPS) is 14.4. The van der Waals surface area contributed by atoms with Crippen molar-refractivity contribution < 1.29 is 5.11 Å². The van der Waals surface area contributed by atoms with Gasteiger partial charge in [0.15, 0.2) is 0 Å². The molecule has 0 heterocycles. The lowest BCUT2D eigenvalue weighted by molar-refractivity contribution is 0.172. The van der Waals surface area contributed by atoms with Crippen molar-refractivity contribution in [2.75, 3.05) is 0 Å². The number of alkyl halides is 1. The van der Waals surface area contributed by atoms with E-state index in [9.17, 15) is 5.11 Å². The van der Waals surface area contributed by atoms with E-state index >= 15 is 0 Å². The lowest BCUT2D eigenvalue weighted by Gasteiger charge is -2.17. The molecule has 0 bridgehead atoms. The van der Waals surface area contributed by atoms with E-state index in [0.29, 0.717) is 0 Å². The second-order valence-electron chi connectivity index (χ2n) is 3.67. The second kappa shape index (κ2) is 5.15. The van der Waals surface area contributed by atoms with Gasteiger partial charge in [0.25, 0.3) is 0 Å². The maximum Gasteiger partial charge on any atom is 0.0994 e. The number of halogens is 1. The summed E-state index contributed by atoms with van der Waals surface area (Å²) < 4.78 is 0. The number of aliphatic hydroxyl groups is 1. The fraction of sp³-hybridized carbons (Fsp3) is 0.143. The van der Waals surface area contributed by atoms with Gasteiger partial charge in [0.05, 0.1) is 11.5 Å². The van der Waals surface area contributed by atoms with Crippen LogP contribution in [0.2, 0.25) is 0 Å². The molecular formula is C14H13ClO. The van der Waals surface area contributed by atoms with E-state index in [1.165, 1.54) is 0 Å². The van der Waals surface area contributed by atoms with Crippen LogP contribution in [0.5, 0.6) is 0 Å². The fourth-order valence-electron chi connectivity index (χ4n) is 1.64. The summed E-state index contributed by atoms with van der Waals surface area (Å²) in [6.45, 7) is 0. The van der Waals surface area contributed by atoms with Crippen molar-refractivity contribution in [3.63, 3.8) is 0 Å². The molecule has 2 rings (SSSR count). The molecule has 0 aliphatic carbocycles. The SMILES string of the molecule is O[C@H](c1ccccc1)[C@H](Cl)c1ccccc1. The van der Waals surface area contributed by atoms with E-state index in [1.54, 1.807) is 0 Å². The highest BCUT2D eigenvalue weighted by molar-refractivity contribution is 6.21. The Kier molecular flexibility index (Phi) is 3.60. The van der Waals surface area contributed by atoms with Gasteiger partial charge in [-0.1, -0.05) is 60.7 Å². The summed E-state index contributed by atoms with van der Waals surface area (Å²) in [5, 5.41) is 9.70. The first kappa shape index (κ1) is 11.2. The Hall–Kier alpha value is -1.31. The Bertz CT molecular complexity index is 384. The minimum atomic E-state index is -0.676. The van der Waals surface area contributed by atoms with Gasteiger partial charge < -0.3 is 5.11 Å². The minimum Gasteiger partial charge on any atom is -0.387 e. The van der Waals surface area contributed by atoms with Crippen LogP contribution in [0.1, 0.15) is 22.6 Å². The van der Waals surface area contributed by atoms with Gasteiger partial charge in [0.2, 0.25) is 0 Å². The molecule has 0 aliphatic heterocycles. The summed E-state index contributed by atoms with van der Waals surface area (Å²) in [6.07, 6.45) is -0.676. The van der Waals surface area contributed by atoms with Crippen LogP contribution in [0, 0.1) is 0 Å². The average Bonchev–Trinajstić information content (AvgIpc) is 2.39. The third-order valence-electron chi connectivity index (χ3n) is 2.54. The van der Waals surface area contributed by atoms with E-state index in [2.05, 4.69) is 0 Å². The van der Waals surface area contributed by atoms with Gasteiger partial charge in [-0.3, -0.25) is 0 Å². The van der Waals surface area contributed by atoms with E-state index in [0.717, 1.165) is 11.1 Å². The Morgan fingerprint density at radius 2 is 1.19 bits per heavy atom. The molecule has 0 saturated carbocycles. The highest BCUT2D eigenvalue weighted by Crippen LogP contribution is 2.33. The Balaban J connectivity index is 2.20. The summed E-state index contributed by atoms with van der Waals surface area (Å²) in [7, 11) is 0. The molecule has 2 heteroatoms. The van der Waals surface area contributed by atoms with Crippen LogP contribution in [-0.2, 0) is 0 Å². The van der Waals surface area contributed by atoms with Crippen molar-refractivity contribution >= 4 is 11.6 Å². The largest absolute Gasteiger partial charge is 0.387 e. The molecule has 0 unspecified atom stereocenters.